The second-order valence-electron chi connectivity index (χ2n) is 8.75. The average molecular weight is 533 g/mol. The topological polar surface area (TPSA) is 79.7 Å². The Kier molecular flexibility index (Phi) is 7.00. The van der Waals surface area contributed by atoms with Crippen molar-refractivity contribution in [3.8, 4) is 5.75 Å². The molecule has 5 rings (SSSR count). The van der Waals surface area contributed by atoms with Gasteiger partial charge in [-0.1, -0.05) is 73.2 Å². The lowest BCUT2D eigenvalue weighted by Crippen LogP contribution is -2.29. The number of aryl methyl sites for hydroxylation is 1. The molecule has 1 amide bonds. The van der Waals surface area contributed by atoms with E-state index in [2.05, 4.69) is 11.9 Å². The van der Waals surface area contributed by atoms with Gasteiger partial charge in [0.2, 0.25) is 0 Å². The number of benzene rings is 3. The lowest BCUT2D eigenvalue weighted by Gasteiger charge is -2.23. The number of rotatable bonds is 7. The van der Waals surface area contributed by atoms with Crippen molar-refractivity contribution in [2.75, 3.05) is 11.5 Å². The number of hydrogen-bond donors (Lipinski definition) is 1. The molecule has 0 aliphatic carbocycles. The Bertz CT molecular complexity index is 1530. The third-order valence-corrected chi connectivity index (χ3v) is 7.53. The molecule has 3 aromatic carbocycles. The van der Waals surface area contributed by atoms with Gasteiger partial charge in [0.1, 0.15) is 11.5 Å². The molecule has 37 heavy (non-hydrogen) atoms. The molecule has 4 aromatic rings. The van der Waals surface area contributed by atoms with Gasteiger partial charge in [0, 0.05) is 10.6 Å². The van der Waals surface area contributed by atoms with E-state index in [1.54, 1.807) is 42.5 Å². The smallest absolute Gasteiger partial charge is 0.301 e. The van der Waals surface area contributed by atoms with Gasteiger partial charge in [0.15, 0.2) is 5.13 Å². The van der Waals surface area contributed by atoms with Crippen LogP contribution in [-0.4, -0.2) is 28.4 Å². The number of fused-ring (bicyclic) bond motifs is 1. The van der Waals surface area contributed by atoms with E-state index in [0.29, 0.717) is 39.2 Å². The molecular formula is C29H25ClN2O4S. The Balaban J connectivity index is 1.68. The minimum Gasteiger partial charge on any atom is -0.507 e. The van der Waals surface area contributed by atoms with Crippen LogP contribution in [0.15, 0.2) is 72.3 Å². The number of aliphatic hydroxyl groups excluding tert-OH is 1. The molecule has 6 nitrogen and oxygen atoms in total. The van der Waals surface area contributed by atoms with Crippen LogP contribution in [0.5, 0.6) is 5.75 Å². The summed E-state index contributed by atoms with van der Waals surface area (Å²) in [6, 6.07) is 19.1. The number of ketones is 1. The van der Waals surface area contributed by atoms with Crippen molar-refractivity contribution in [3.63, 3.8) is 0 Å². The molecule has 0 spiro atoms. The summed E-state index contributed by atoms with van der Waals surface area (Å²) < 4.78 is 6.51. The highest BCUT2D eigenvalue weighted by Gasteiger charge is 2.48. The van der Waals surface area contributed by atoms with Crippen LogP contribution in [0, 0.1) is 0 Å². The summed E-state index contributed by atoms with van der Waals surface area (Å²) in [6.07, 6.45) is 1.69. The maximum absolute atomic E-state index is 13.5. The number of amides is 1. The summed E-state index contributed by atoms with van der Waals surface area (Å²) in [7, 11) is 0. The van der Waals surface area contributed by atoms with E-state index in [-0.39, 0.29) is 11.3 Å². The number of Topliss-reactive ketones (excluding diaryl/α,β-unsaturated/α-hetero) is 1. The minimum absolute atomic E-state index is 0.0131. The molecule has 1 saturated heterocycles. The summed E-state index contributed by atoms with van der Waals surface area (Å²) in [5.41, 5.74) is 2.91. The van der Waals surface area contributed by atoms with Crippen molar-refractivity contribution >= 4 is 55.7 Å². The zero-order valence-electron chi connectivity index (χ0n) is 20.4. The number of anilines is 1. The number of halogens is 1. The molecule has 2 heterocycles. The first-order valence-corrected chi connectivity index (χ1v) is 13.3. The molecule has 0 bridgehead atoms. The number of aliphatic hydroxyl groups is 1. The van der Waals surface area contributed by atoms with E-state index in [1.165, 1.54) is 16.2 Å². The van der Waals surface area contributed by atoms with Crippen molar-refractivity contribution in [1.82, 2.24) is 4.98 Å². The molecule has 1 fully saturated rings. The van der Waals surface area contributed by atoms with Crippen molar-refractivity contribution in [2.24, 2.45) is 0 Å². The number of thiazole rings is 1. The molecule has 1 aliphatic heterocycles. The fourth-order valence-corrected chi connectivity index (χ4v) is 5.65. The van der Waals surface area contributed by atoms with Gasteiger partial charge >= 0.3 is 5.91 Å². The number of ether oxygens (including phenoxy) is 1. The highest BCUT2D eigenvalue weighted by atomic mass is 35.5. The maximum Gasteiger partial charge on any atom is 0.301 e. The van der Waals surface area contributed by atoms with Gasteiger partial charge in [-0.2, -0.15) is 0 Å². The van der Waals surface area contributed by atoms with E-state index >= 15 is 0 Å². The Morgan fingerprint density at radius 2 is 1.86 bits per heavy atom. The zero-order valence-corrected chi connectivity index (χ0v) is 22.0. The average Bonchev–Trinajstić information content (AvgIpc) is 3.44. The second kappa shape index (κ2) is 10.4. The summed E-state index contributed by atoms with van der Waals surface area (Å²) in [6.45, 7) is 4.59. The van der Waals surface area contributed by atoms with E-state index < -0.39 is 17.7 Å². The van der Waals surface area contributed by atoms with Crippen LogP contribution >= 0.6 is 22.9 Å². The molecule has 0 radical (unpaired) electrons. The molecule has 1 aromatic heterocycles. The first kappa shape index (κ1) is 25.0. The monoisotopic (exact) mass is 532 g/mol. The van der Waals surface area contributed by atoms with E-state index in [0.717, 1.165) is 23.1 Å². The van der Waals surface area contributed by atoms with Crippen LogP contribution in [0.1, 0.15) is 43.0 Å². The predicted octanol–water partition coefficient (Wildman–Crippen LogP) is 6.93. The summed E-state index contributed by atoms with van der Waals surface area (Å²) in [5.74, 6) is -1.18. The van der Waals surface area contributed by atoms with Crippen molar-refractivity contribution in [3.05, 3.63) is 94.0 Å². The Labute approximate surface area is 223 Å². The first-order valence-electron chi connectivity index (χ1n) is 12.1. The normalized spacial score (nSPS) is 17.1. The standard InChI is InChI=1S/C29H25ClN2O4S/c1-3-14-36-21-7-5-6-19(15-21)26(33)24-25(18-10-8-17(4-2)9-11-18)32(28(35)27(24)34)29-31-22-13-12-20(30)16-23(22)37-29/h5-13,15-16,25,33H,3-4,14H2,1-2H3/b26-24+. The van der Waals surface area contributed by atoms with Gasteiger partial charge in [0.25, 0.3) is 5.78 Å². The third kappa shape index (κ3) is 4.72. The Hall–Kier alpha value is -3.68. The fraction of sp³-hybridized carbons (Fsp3) is 0.207. The van der Waals surface area contributed by atoms with Gasteiger partial charge in [-0.3, -0.25) is 14.5 Å². The third-order valence-electron chi connectivity index (χ3n) is 6.27. The number of hydrogen-bond acceptors (Lipinski definition) is 6. The van der Waals surface area contributed by atoms with Crippen LogP contribution in [0.4, 0.5) is 5.13 Å². The van der Waals surface area contributed by atoms with Gasteiger partial charge in [-0.05, 0) is 54.3 Å². The lowest BCUT2D eigenvalue weighted by molar-refractivity contribution is -0.132. The van der Waals surface area contributed by atoms with Gasteiger partial charge in [-0.15, -0.1) is 0 Å². The maximum atomic E-state index is 13.5. The molecule has 1 unspecified atom stereocenters. The Morgan fingerprint density at radius 1 is 1.08 bits per heavy atom. The number of nitrogens with zero attached hydrogens (tertiary/aromatic N) is 2. The van der Waals surface area contributed by atoms with Crippen LogP contribution < -0.4 is 9.64 Å². The quantitative estimate of drug-likeness (QED) is 0.159. The van der Waals surface area contributed by atoms with E-state index in [1.807, 2.05) is 31.2 Å². The second-order valence-corrected chi connectivity index (χ2v) is 10.2. The highest BCUT2D eigenvalue weighted by molar-refractivity contribution is 7.22. The van der Waals surface area contributed by atoms with E-state index in [9.17, 15) is 14.7 Å². The first-order chi connectivity index (χ1) is 17.9. The van der Waals surface area contributed by atoms with Crippen molar-refractivity contribution < 1.29 is 19.4 Å². The SMILES string of the molecule is CCCOc1cccc(/C(O)=C2\C(=O)C(=O)N(c3nc4ccc(Cl)cc4s3)C2c2ccc(CC)cc2)c1. The molecule has 0 saturated carbocycles. The molecule has 1 N–H and O–H groups in total. The molecule has 188 valence electrons. The van der Waals surface area contributed by atoms with Crippen molar-refractivity contribution in [2.45, 2.75) is 32.7 Å². The minimum atomic E-state index is -0.845. The summed E-state index contributed by atoms with van der Waals surface area (Å²) >= 11 is 7.44. The molecule has 8 heteroatoms. The van der Waals surface area contributed by atoms with Crippen LogP contribution in [0.2, 0.25) is 5.02 Å². The number of aromatic nitrogens is 1. The summed E-state index contributed by atoms with van der Waals surface area (Å²) in [5, 5.41) is 12.3. The number of carbonyl (C=O) groups excluding carboxylic acids is 2. The molecular weight excluding hydrogens is 508 g/mol. The molecule has 1 atom stereocenters. The predicted molar refractivity (Wildman–Crippen MR) is 147 cm³/mol. The molecule has 1 aliphatic rings. The number of carbonyl (C=O) groups is 2. The van der Waals surface area contributed by atoms with Crippen LogP contribution in [-0.2, 0) is 16.0 Å². The van der Waals surface area contributed by atoms with E-state index in [4.69, 9.17) is 16.3 Å². The van der Waals surface area contributed by atoms with Gasteiger partial charge in [0.05, 0.1) is 28.4 Å². The largest absolute Gasteiger partial charge is 0.507 e. The van der Waals surface area contributed by atoms with Crippen molar-refractivity contribution in [1.29, 1.82) is 0 Å². The van der Waals surface area contributed by atoms with Gasteiger partial charge < -0.3 is 9.84 Å². The highest BCUT2D eigenvalue weighted by Crippen LogP contribution is 2.44. The zero-order chi connectivity index (χ0) is 26.1. The van der Waals surface area contributed by atoms with Crippen LogP contribution in [0.25, 0.3) is 16.0 Å². The van der Waals surface area contributed by atoms with Crippen LogP contribution in [0.3, 0.4) is 0 Å². The Morgan fingerprint density at radius 3 is 2.59 bits per heavy atom. The van der Waals surface area contributed by atoms with Gasteiger partial charge in [-0.25, -0.2) is 4.98 Å². The fourth-order valence-electron chi connectivity index (χ4n) is 4.38. The summed E-state index contributed by atoms with van der Waals surface area (Å²) in [4.78, 5) is 32.9. The lowest BCUT2D eigenvalue weighted by atomic mass is 9.94.